The number of aliphatic carboxylic acids is 1. The summed E-state index contributed by atoms with van der Waals surface area (Å²) in [6.07, 6.45) is 8.00. The number of unbranched alkanes of at least 4 members (excludes halogenated alkanes) is 8. The highest BCUT2D eigenvalue weighted by Crippen LogP contribution is 2.37. The maximum absolute atomic E-state index is 13.0. The maximum atomic E-state index is 13.0. The van der Waals surface area contributed by atoms with Gasteiger partial charge in [0.2, 0.25) is 5.88 Å². The molecular weight excluding hydrogens is 591 g/mol. The number of aromatic nitrogens is 1. The zero-order valence-electron chi connectivity index (χ0n) is 27.4. The minimum atomic E-state index is -4.43. The molecule has 8 heteroatoms. The molecular formula is C38H50F3NO4. The summed E-state index contributed by atoms with van der Waals surface area (Å²) in [6.45, 7) is 3.78. The predicted molar refractivity (Wildman–Crippen MR) is 178 cm³/mol. The largest absolute Gasteiger partial charge is 0.481 e. The summed E-state index contributed by atoms with van der Waals surface area (Å²) in [5.41, 5.74) is 4.78. The van der Waals surface area contributed by atoms with Crippen molar-refractivity contribution in [3.63, 3.8) is 0 Å². The first-order valence-corrected chi connectivity index (χ1v) is 16.9. The lowest BCUT2D eigenvalue weighted by Gasteiger charge is -2.22. The molecule has 0 bridgehead atoms. The second kappa shape index (κ2) is 20.0. The number of benzene rings is 2. The van der Waals surface area contributed by atoms with E-state index in [0.29, 0.717) is 31.7 Å². The summed E-state index contributed by atoms with van der Waals surface area (Å²) in [4.78, 5) is 15.8. The number of carboxylic acids is 1. The van der Waals surface area contributed by atoms with Gasteiger partial charge in [0.05, 0.1) is 6.61 Å². The second-order valence-corrected chi connectivity index (χ2v) is 12.1. The van der Waals surface area contributed by atoms with Crippen molar-refractivity contribution in [1.29, 1.82) is 0 Å². The van der Waals surface area contributed by atoms with E-state index >= 15 is 0 Å². The highest BCUT2D eigenvalue weighted by molar-refractivity contribution is 5.83. The number of carboxylic acid groups (broad SMARTS) is 1. The summed E-state index contributed by atoms with van der Waals surface area (Å²) >= 11 is 0. The van der Waals surface area contributed by atoms with Gasteiger partial charge in [-0.05, 0) is 66.8 Å². The predicted octanol–water partition coefficient (Wildman–Crippen LogP) is 11.0. The maximum Gasteiger partial charge on any atom is 0.414 e. The number of ether oxygens (including phenoxy) is 2. The van der Waals surface area contributed by atoms with E-state index in [4.69, 9.17) is 9.47 Å². The van der Waals surface area contributed by atoms with Crippen LogP contribution in [0.15, 0.2) is 66.9 Å². The van der Waals surface area contributed by atoms with Gasteiger partial charge in [-0.15, -0.1) is 0 Å². The van der Waals surface area contributed by atoms with Crippen LogP contribution in [0.3, 0.4) is 0 Å². The van der Waals surface area contributed by atoms with Crippen LogP contribution < -0.4 is 4.74 Å². The molecule has 0 aliphatic rings. The SMILES string of the molecule is CCCCCCCCCCCOc1ccc(-c2cc(C(CCCC(=O)O)CCOC(C)C(F)(F)F)ccc2-c2ccccc2)cn1. The number of alkyl halides is 3. The van der Waals surface area contributed by atoms with Gasteiger partial charge in [-0.3, -0.25) is 4.79 Å². The van der Waals surface area contributed by atoms with Crippen molar-refractivity contribution in [3.8, 4) is 28.1 Å². The van der Waals surface area contributed by atoms with E-state index < -0.39 is 18.2 Å². The minimum Gasteiger partial charge on any atom is -0.481 e. The lowest BCUT2D eigenvalue weighted by molar-refractivity contribution is -0.214. The van der Waals surface area contributed by atoms with E-state index in [2.05, 4.69) is 18.0 Å². The molecule has 2 aromatic carbocycles. The molecule has 0 aliphatic carbocycles. The van der Waals surface area contributed by atoms with E-state index in [-0.39, 0.29) is 18.9 Å². The normalized spacial score (nSPS) is 13.0. The Labute approximate surface area is 272 Å². The third-order valence-corrected chi connectivity index (χ3v) is 8.38. The minimum absolute atomic E-state index is 0.00427. The molecule has 2 atom stereocenters. The van der Waals surface area contributed by atoms with Gasteiger partial charge in [0.25, 0.3) is 0 Å². The Kier molecular flexibility index (Phi) is 16.1. The molecule has 1 aromatic heterocycles. The van der Waals surface area contributed by atoms with Gasteiger partial charge in [0.1, 0.15) is 0 Å². The van der Waals surface area contributed by atoms with Crippen molar-refractivity contribution in [2.24, 2.45) is 0 Å². The van der Waals surface area contributed by atoms with Crippen LogP contribution in [0, 0.1) is 0 Å². The van der Waals surface area contributed by atoms with Crippen molar-refractivity contribution in [1.82, 2.24) is 4.98 Å². The van der Waals surface area contributed by atoms with Gasteiger partial charge >= 0.3 is 12.1 Å². The number of hydrogen-bond donors (Lipinski definition) is 1. The molecule has 46 heavy (non-hydrogen) atoms. The van der Waals surface area contributed by atoms with E-state index in [9.17, 15) is 23.1 Å². The Morgan fingerprint density at radius 3 is 2.13 bits per heavy atom. The lowest BCUT2D eigenvalue weighted by atomic mass is 9.86. The zero-order chi connectivity index (χ0) is 33.2. The Hall–Kier alpha value is -3.39. The monoisotopic (exact) mass is 641 g/mol. The topological polar surface area (TPSA) is 68.7 Å². The molecule has 0 radical (unpaired) electrons. The third-order valence-electron chi connectivity index (χ3n) is 8.38. The summed E-state index contributed by atoms with van der Waals surface area (Å²) in [5.74, 6) is -0.495. The molecule has 0 fully saturated rings. The fourth-order valence-electron chi connectivity index (χ4n) is 5.60. The highest BCUT2D eigenvalue weighted by Gasteiger charge is 2.36. The van der Waals surface area contributed by atoms with Gasteiger partial charge < -0.3 is 14.6 Å². The summed E-state index contributed by atoms with van der Waals surface area (Å²) in [6, 6.07) is 19.9. The van der Waals surface area contributed by atoms with Crippen molar-refractivity contribution in [2.45, 2.75) is 116 Å². The molecule has 2 unspecified atom stereocenters. The Morgan fingerprint density at radius 1 is 0.804 bits per heavy atom. The van der Waals surface area contributed by atoms with Crippen LogP contribution in [0.1, 0.15) is 109 Å². The molecule has 1 heterocycles. The van der Waals surface area contributed by atoms with Crippen LogP contribution in [-0.2, 0) is 9.53 Å². The zero-order valence-corrected chi connectivity index (χ0v) is 27.4. The molecule has 0 spiro atoms. The molecule has 0 saturated carbocycles. The van der Waals surface area contributed by atoms with Gasteiger partial charge in [-0.1, -0.05) is 107 Å². The molecule has 5 nitrogen and oxygen atoms in total. The summed E-state index contributed by atoms with van der Waals surface area (Å²) in [5, 5.41) is 9.18. The average molecular weight is 642 g/mol. The standard InChI is InChI=1S/C38H50F3NO4/c1-3-4-5-6-7-8-9-10-14-25-46-36-23-21-33(28-42-36)35-27-32(20-22-34(35)31-16-12-11-13-17-31)30(18-15-19-37(43)44)24-26-45-29(2)38(39,40)41/h11-13,16-17,20-23,27-30H,3-10,14-15,18-19,24-26H2,1-2H3,(H,43,44). The van der Waals surface area contributed by atoms with Gasteiger partial charge in [-0.25, -0.2) is 4.98 Å². The Morgan fingerprint density at radius 2 is 1.50 bits per heavy atom. The van der Waals surface area contributed by atoms with Gasteiger partial charge in [-0.2, -0.15) is 13.2 Å². The number of halogens is 3. The molecule has 0 amide bonds. The van der Waals surface area contributed by atoms with Crippen LogP contribution >= 0.6 is 0 Å². The van der Waals surface area contributed by atoms with Crippen LogP contribution in [0.25, 0.3) is 22.3 Å². The molecule has 3 rings (SSSR count). The number of rotatable bonds is 22. The smallest absolute Gasteiger partial charge is 0.414 e. The van der Waals surface area contributed by atoms with Gasteiger partial charge in [0.15, 0.2) is 6.10 Å². The van der Waals surface area contributed by atoms with Crippen molar-refractivity contribution < 1.29 is 32.5 Å². The number of pyridine rings is 1. The number of nitrogens with zero attached hydrogens (tertiary/aromatic N) is 1. The first-order valence-electron chi connectivity index (χ1n) is 16.9. The fourth-order valence-corrected chi connectivity index (χ4v) is 5.60. The molecule has 252 valence electrons. The van der Waals surface area contributed by atoms with Crippen molar-refractivity contribution in [2.75, 3.05) is 13.2 Å². The van der Waals surface area contributed by atoms with Crippen molar-refractivity contribution >= 4 is 5.97 Å². The van der Waals surface area contributed by atoms with E-state index in [1.54, 1.807) is 6.20 Å². The van der Waals surface area contributed by atoms with Crippen LogP contribution in [0.4, 0.5) is 13.2 Å². The highest BCUT2D eigenvalue weighted by atomic mass is 19.4. The third kappa shape index (κ3) is 13.1. The fraction of sp³-hybridized carbons (Fsp3) is 0.526. The van der Waals surface area contributed by atoms with Gasteiger partial charge in [0, 0.05) is 30.9 Å². The van der Waals surface area contributed by atoms with E-state index in [0.717, 1.165) is 47.6 Å². The molecule has 1 N–H and O–H groups in total. The lowest BCUT2D eigenvalue weighted by Crippen LogP contribution is -2.29. The van der Waals surface area contributed by atoms with Crippen LogP contribution in [0.2, 0.25) is 0 Å². The molecule has 0 aliphatic heterocycles. The van der Waals surface area contributed by atoms with E-state index in [1.165, 1.54) is 44.9 Å². The number of carbonyl (C=O) groups is 1. The molecule has 0 saturated heterocycles. The van der Waals surface area contributed by atoms with Crippen LogP contribution in [-0.4, -0.2) is 41.6 Å². The quantitative estimate of drug-likeness (QED) is 0.111. The Balaban J connectivity index is 1.72. The van der Waals surface area contributed by atoms with Crippen molar-refractivity contribution in [3.05, 3.63) is 72.4 Å². The summed E-state index contributed by atoms with van der Waals surface area (Å²) < 4.78 is 50.1. The van der Waals surface area contributed by atoms with E-state index in [1.807, 2.05) is 54.6 Å². The second-order valence-electron chi connectivity index (χ2n) is 12.1. The molecule has 3 aromatic rings. The average Bonchev–Trinajstić information content (AvgIpc) is 3.04. The van der Waals surface area contributed by atoms with Crippen LogP contribution in [0.5, 0.6) is 5.88 Å². The number of hydrogen-bond acceptors (Lipinski definition) is 4. The summed E-state index contributed by atoms with van der Waals surface area (Å²) in [7, 11) is 0. The Bertz CT molecular complexity index is 1280. The first-order chi connectivity index (χ1) is 22.2. The first kappa shape index (κ1) is 37.1.